The molecule has 0 saturated heterocycles. The highest BCUT2D eigenvalue weighted by Gasteiger charge is 2.10. The molecule has 1 heterocycles. The molecular formula is C11H17N3O. The number of hydrogen-bond acceptors (Lipinski definition) is 3. The summed E-state index contributed by atoms with van der Waals surface area (Å²) in [5.74, 6) is -0.508. The maximum absolute atomic E-state index is 10.7. The molecule has 0 aromatic carbocycles. The lowest BCUT2D eigenvalue weighted by atomic mass is 9.89. The van der Waals surface area contributed by atoms with Crippen LogP contribution in [0, 0.1) is 5.41 Å². The molecule has 2 N–H and O–H groups in total. The number of rotatable bonds is 3. The van der Waals surface area contributed by atoms with Crippen LogP contribution in [0.3, 0.4) is 0 Å². The lowest BCUT2D eigenvalue weighted by Crippen LogP contribution is -2.15. The first-order valence-corrected chi connectivity index (χ1v) is 4.99. The lowest BCUT2D eigenvalue weighted by molar-refractivity contribution is 0.0990. The molecule has 1 aromatic rings. The van der Waals surface area contributed by atoms with Crippen LogP contribution < -0.4 is 5.73 Å². The summed E-state index contributed by atoms with van der Waals surface area (Å²) in [4.78, 5) is 18.5. The Bertz CT molecular complexity index is 338. The number of primary amides is 1. The van der Waals surface area contributed by atoms with Crippen LogP contribution in [0.5, 0.6) is 0 Å². The van der Waals surface area contributed by atoms with Crippen molar-refractivity contribution in [3.05, 3.63) is 23.8 Å². The molecule has 0 saturated carbocycles. The Morgan fingerprint density at radius 2 is 1.87 bits per heavy atom. The van der Waals surface area contributed by atoms with E-state index in [1.807, 2.05) is 0 Å². The van der Waals surface area contributed by atoms with Crippen LogP contribution in [-0.4, -0.2) is 15.9 Å². The first kappa shape index (κ1) is 11.6. The van der Waals surface area contributed by atoms with Crippen LogP contribution in [-0.2, 0) is 6.42 Å². The predicted octanol–water partition coefficient (Wildman–Crippen LogP) is 1.55. The first-order chi connectivity index (χ1) is 6.88. The van der Waals surface area contributed by atoms with Crippen molar-refractivity contribution in [1.82, 2.24) is 9.97 Å². The van der Waals surface area contributed by atoms with Gasteiger partial charge in [0, 0.05) is 12.4 Å². The molecule has 0 aliphatic heterocycles. The molecule has 0 spiro atoms. The highest BCUT2D eigenvalue weighted by Crippen LogP contribution is 2.20. The van der Waals surface area contributed by atoms with Gasteiger partial charge in [0.1, 0.15) is 0 Å². The number of carbonyl (C=O) groups excluding carboxylic acids is 1. The molecule has 15 heavy (non-hydrogen) atoms. The van der Waals surface area contributed by atoms with E-state index in [4.69, 9.17) is 5.73 Å². The van der Waals surface area contributed by atoms with Gasteiger partial charge in [0.05, 0.1) is 0 Å². The predicted molar refractivity (Wildman–Crippen MR) is 58.3 cm³/mol. The van der Waals surface area contributed by atoms with Crippen molar-refractivity contribution in [2.45, 2.75) is 33.6 Å². The van der Waals surface area contributed by atoms with Crippen molar-refractivity contribution in [2.24, 2.45) is 11.1 Å². The van der Waals surface area contributed by atoms with Gasteiger partial charge in [0.25, 0.3) is 5.91 Å². The van der Waals surface area contributed by atoms with E-state index in [1.54, 1.807) is 12.4 Å². The summed E-state index contributed by atoms with van der Waals surface area (Å²) >= 11 is 0. The SMILES string of the molecule is CC(C)(C)CCc1cnc(C(N)=O)nc1. The molecule has 0 radical (unpaired) electrons. The topological polar surface area (TPSA) is 68.9 Å². The Kier molecular flexibility index (Phi) is 3.39. The number of nitrogens with two attached hydrogens (primary N) is 1. The van der Waals surface area contributed by atoms with Crippen molar-refractivity contribution in [3.63, 3.8) is 0 Å². The van der Waals surface area contributed by atoms with Crippen LogP contribution in [0.4, 0.5) is 0 Å². The molecule has 82 valence electrons. The molecule has 1 amide bonds. The molecule has 1 aromatic heterocycles. The van der Waals surface area contributed by atoms with Gasteiger partial charge in [-0.2, -0.15) is 0 Å². The highest BCUT2D eigenvalue weighted by molar-refractivity contribution is 5.88. The summed E-state index contributed by atoms with van der Waals surface area (Å²) in [6, 6.07) is 0. The zero-order valence-electron chi connectivity index (χ0n) is 9.45. The molecule has 0 fully saturated rings. The van der Waals surface area contributed by atoms with E-state index in [1.165, 1.54) is 0 Å². The van der Waals surface area contributed by atoms with Crippen molar-refractivity contribution in [2.75, 3.05) is 0 Å². The molecule has 4 nitrogen and oxygen atoms in total. The van der Waals surface area contributed by atoms with Gasteiger partial charge in [-0.3, -0.25) is 4.79 Å². The number of aromatic nitrogens is 2. The highest BCUT2D eigenvalue weighted by atomic mass is 16.1. The Morgan fingerprint density at radius 1 is 1.33 bits per heavy atom. The van der Waals surface area contributed by atoms with Crippen LogP contribution in [0.25, 0.3) is 0 Å². The molecular weight excluding hydrogens is 190 g/mol. The summed E-state index contributed by atoms with van der Waals surface area (Å²) in [5.41, 5.74) is 6.37. The zero-order valence-corrected chi connectivity index (χ0v) is 9.45. The maximum atomic E-state index is 10.7. The molecule has 0 unspecified atom stereocenters. The maximum Gasteiger partial charge on any atom is 0.286 e. The molecule has 4 heteroatoms. The normalized spacial score (nSPS) is 11.4. The molecule has 0 atom stereocenters. The van der Waals surface area contributed by atoms with Crippen molar-refractivity contribution in [1.29, 1.82) is 0 Å². The number of carbonyl (C=O) groups is 1. The van der Waals surface area contributed by atoms with E-state index in [-0.39, 0.29) is 5.82 Å². The minimum atomic E-state index is -0.586. The van der Waals surface area contributed by atoms with Gasteiger partial charge in [0.2, 0.25) is 5.82 Å². The number of nitrogens with zero attached hydrogens (tertiary/aromatic N) is 2. The van der Waals surface area contributed by atoms with E-state index in [0.717, 1.165) is 18.4 Å². The molecule has 1 rings (SSSR count). The molecule has 0 bridgehead atoms. The Balaban J connectivity index is 2.61. The Morgan fingerprint density at radius 3 is 2.27 bits per heavy atom. The fourth-order valence-corrected chi connectivity index (χ4v) is 1.13. The van der Waals surface area contributed by atoms with Gasteiger partial charge in [-0.25, -0.2) is 9.97 Å². The van der Waals surface area contributed by atoms with E-state index in [2.05, 4.69) is 30.7 Å². The summed E-state index contributed by atoms with van der Waals surface area (Å²) < 4.78 is 0. The second kappa shape index (κ2) is 4.38. The van der Waals surface area contributed by atoms with Crippen LogP contribution in [0.1, 0.15) is 43.4 Å². The third-order valence-electron chi connectivity index (χ3n) is 2.09. The van der Waals surface area contributed by atoms with Gasteiger partial charge < -0.3 is 5.73 Å². The smallest absolute Gasteiger partial charge is 0.286 e. The summed E-state index contributed by atoms with van der Waals surface area (Å²) in [6.07, 6.45) is 5.31. The quantitative estimate of drug-likeness (QED) is 0.817. The number of amides is 1. The van der Waals surface area contributed by atoms with Gasteiger partial charge in [0.15, 0.2) is 0 Å². The average molecular weight is 207 g/mol. The largest absolute Gasteiger partial charge is 0.363 e. The van der Waals surface area contributed by atoms with Crippen molar-refractivity contribution < 1.29 is 4.79 Å². The number of aryl methyl sites for hydroxylation is 1. The molecule has 0 aliphatic carbocycles. The van der Waals surface area contributed by atoms with Gasteiger partial charge >= 0.3 is 0 Å². The minimum Gasteiger partial charge on any atom is -0.363 e. The van der Waals surface area contributed by atoms with E-state index < -0.39 is 5.91 Å². The summed E-state index contributed by atoms with van der Waals surface area (Å²) in [5, 5.41) is 0. The summed E-state index contributed by atoms with van der Waals surface area (Å²) in [7, 11) is 0. The third-order valence-corrected chi connectivity index (χ3v) is 2.09. The minimum absolute atomic E-state index is 0.0782. The molecule has 0 aliphatic rings. The van der Waals surface area contributed by atoms with Gasteiger partial charge in [-0.1, -0.05) is 20.8 Å². The lowest BCUT2D eigenvalue weighted by Gasteiger charge is -2.17. The average Bonchev–Trinajstić information content (AvgIpc) is 2.14. The van der Waals surface area contributed by atoms with Gasteiger partial charge in [-0.05, 0) is 23.8 Å². The van der Waals surface area contributed by atoms with Gasteiger partial charge in [-0.15, -0.1) is 0 Å². The standard InChI is InChI=1S/C11H17N3O/c1-11(2,3)5-4-8-6-13-10(9(12)15)14-7-8/h6-7H,4-5H2,1-3H3,(H2,12,15). The van der Waals surface area contributed by atoms with E-state index in [0.29, 0.717) is 5.41 Å². The van der Waals surface area contributed by atoms with E-state index in [9.17, 15) is 4.79 Å². The zero-order chi connectivity index (χ0) is 11.5. The number of hydrogen-bond donors (Lipinski definition) is 1. The third kappa shape index (κ3) is 4.06. The fourth-order valence-electron chi connectivity index (χ4n) is 1.13. The summed E-state index contributed by atoms with van der Waals surface area (Å²) in [6.45, 7) is 6.56. The van der Waals surface area contributed by atoms with Crippen LogP contribution in [0.15, 0.2) is 12.4 Å². The van der Waals surface area contributed by atoms with Crippen molar-refractivity contribution in [3.8, 4) is 0 Å². The monoisotopic (exact) mass is 207 g/mol. The van der Waals surface area contributed by atoms with E-state index >= 15 is 0 Å². The van der Waals surface area contributed by atoms with Crippen LogP contribution >= 0.6 is 0 Å². The van der Waals surface area contributed by atoms with Crippen LogP contribution in [0.2, 0.25) is 0 Å². The second-order valence-electron chi connectivity index (χ2n) is 4.84. The first-order valence-electron chi connectivity index (χ1n) is 4.99. The Labute approximate surface area is 89.9 Å². The Hall–Kier alpha value is -1.45. The second-order valence-corrected chi connectivity index (χ2v) is 4.84. The fraction of sp³-hybridized carbons (Fsp3) is 0.545. The van der Waals surface area contributed by atoms with Crippen molar-refractivity contribution >= 4 is 5.91 Å².